The van der Waals surface area contributed by atoms with E-state index in [9.17, 15) is 0 Å². The Hall–Kier alpha value is -6.30. The van der Waals surface area contributed by atoms with Gasteiger partial charge in [-0.15, -0.1) is 11.3 Å². The summed E-state index contributed by atoms with van der Waals surface area (Å²) in [4.78, 5) is 10.4. The molecule has 11 rings (SSSR count). The fraction of sp³-hybridized carbons (Fsp3) is 0. The molecular weight excluding hydrogens is 619 g/mol. The van der Waals surface area contributed by atoms with Crippen molar-refractivity contribution in [1.29, 1.82) is 0 Å². The number of rotatable bonds is 3. The quantitative estimate of drug-likeness (QED) is 0.192. The highest BCUT2D eigenvalue weighted by molar-refractivity contribution is 7.27. The van der Waals surface area contributed by atoms with E-state index in [0.29, 0.717) is 0 Å². The van der Waals surface area contributed by atoms with Crippen LogP contribution in [0.1, 0.15) is 0 Å². The summed E-state index contributed by atoms with van der Waals surface area (Å²) in [5.41, 5.74) is 9.16. The number of hydrogen-bond acceptors (Lipinski definition) is 4. The van der Waals surface area contributed by atoms with E-state index in [1.807, 2.05) is 35.6 Å². The summed E-state index contributed by atoms with van der Waals surface area (Å²) in [6, 6.07) is 53.3. The first-order chi connectivity index (χ1) is 24.3. The molecule has 0 aliphatic carbocycles. The third kappa shape index (κ3) is 3.79. The molecule has 11 aromatic rings. The molecule has 4 aromatic heterocycles. The van der Waals surface area contributed by atoms with E-state index in [4.69, 9.17) is 14.4 Å². The van der Waals surface area contributed by atoms with Gasteiger partial charge >= 0.3 is 0 Å². The van der Waals surface area contributed by atoms with Crippen LogP contribution in [0.5, 0.6) is 0 Å². The van der Waals surface area contributed by atoms with Crippen LogP contribution in [-0.4, -0.2) is 14.5 Å². The van der Waals surface area contributed by atoms with Gasteiger partial charge in [0.25, 0.3) is 0 Å². The van der Waals surface area contributed by atoms with Crippen molar-refractivity contribution in [3.05, 3.63) is 152 Å². The number of para-hydroxylation sites is 4. The molecule has 7 aromatic carbocycles. The Balaban J connectivity index is 1.21. The van der Waals surface area contributed by atoms with Gasteiger partial charge in [-0.1, -0.05) is 115 Å². The number of aromatic nitrogens is 3. The van der Waals surface area contributed by atoms with Crippen LogP contribution < -0.4 is 0 Å². The standard InChI is InChI=1S/C44H25N3OS/c1-2-12-26(13-3-1)40-31-15-4-7-20-34(31)45-44(46-40)33-19-10-18-29-30-24-25-36-39(43(30)49-42(29)33)32-16-5-8-21-35(32)47(36)37-22-11-17-28-27-14-6-9-23-38(27)48-41(28)37/h1-25H. The average Bonchev–Trinajstić information content (AvgIpc) is 3.84. The van der Waals surface area contributed by atoms with E-state index in [1.165, 1.54) is 30.9 Å². The van der Waals surface area contributed by atoms with Crippen LogP contribution in [0.25, 0.3) is 103 Å². The van der Waals surface area contributed by atoms with Crippen molar-refractivity contribution in [2.75, 3.05) is 0 Å². The maximum Gasteiger partial charge on any atom is 0.161 e. The molecule has 49 heavy (non-hydrogen) atoms. The van der Waals surface area contributed by atoms with Crippen LogP contribution in [0.3, 0.4) is 0 Å². The minimum atomic E-state index is 0.741. The summed E-state index contributed by atoms with van der Waals surface area (Å²) in [5.74, 6) is 0.741. The average molecular weight is 644 g/mol. The number of thiophene rings is 1. The van der Waals surface area contributed by atoms with Crippen LogP contribution >= 0.6 is 11.3 Å². The molecule has 5 heteroatoms. The zero-order chi connectivity index (χ0) is 32.1. The number of hydrogen-bond donors (Lipinski definition) is 0. The normalized spacial score (nSPS) is 12.1. The Kier molecular flexibility index (Phi) is 5.51. The molecule has 0 N–H and O–H groups in total. The van der Waals surface area contributed by atoms with Gasteiger partial charge in [0.15, 0.2) is 11.4 Å². The highest BCUT2D eigenvalue weighted by Crippen LogP contribution is 2.46. The van der Waals surface area contributed by atoms with Crippen molar-refractivity contribution in [3.63, 3.8) is 0 Å². The minimum Gasteiger partial charge on any atom is -0.454 e. The molecule has 4 heterocycles. The van der Waals surface area contributed by atoms with E-state index >= 15 is 0 Å². The summed E-state index contributed by atoms with van der Waals surface area (Å²) < 4.78 is 11.4. The molecule has 4 nitrogen and oxygen atoms in total. The number of nitrogens with zero attached hydrogens (tertiary/aromatic N) is 3. The van der Waals surface area contributed by atoms with Gasteiger partial charge in [-0.25, -0.2) is 9.97 Å². The molecule has 0 fully saturated rings. The summed E-state index contributed by atoms with van der Waals surface area (Å²) >= 11 is 1.83. The first kappa shape index (κ1) is 26.7. The smallest absolute Gasteiger partial charge is 0.161 e. The molecule has 0 aliphatic rings. The van der Waals surface area contributed by atoms with Crippen LogP contribution in [0.4, 0.5) is 0 Å². The Labute approximate surface area is 284 Å². The van der Waals surface area contributed by atoms with Crippen LogP contribution in [-0.2, 0) is 0 Å². The van der Waals surface area contributed by atoms with Crippen molar-refractivity contribution in [1.82, 2.24) is 14.5 Å². The highest BCUT2D eigenvalue weighted by Gasteiger charge is 2.22. The first-order valence-electron chi connectivity index (χ1n) is 16.4. The predicted octanol–water partition coefficient (Wildman–Crippen LogP) is 12.3. The Bertz CT molecular complexity index is 3110. The van der Waals surface area contributed by atoms with Crippen molar-refractivity contribution in [2.24, 2.45) is 0 Å². The topological polar surface area (TPSA) is 43.9 Å². The summed E-state index contributed by atoms with van der Waals surface area (Å²) in [5, 5.41) is 8.23. The fourth-order valence-corrected chi connectivity index (χ4v) is 9.03. The maximum absolute atomic E-state index is 6.55. The lowest BCUT2D eigenvalue weighted by molar-refractivity contribution is 0.666. The molecule has 0 radical (unpaired) electrons. The van der Waals surface area contributed by atoms with Crippen molar-refractivity contribution >= 4 is 86.2 Å². The molecule has 0 amide bonds. The van der Waals surface area contributed by atoms with E-state index in [-0.39, 0.29) is 0 Å². The first-order valence-corrected chi connectivity index (χ1v) is 17.2. The highest BCUT2D eigenvalue weighted by atomic mass is 32.1. The minimum absolute atomic E-state index is 0.741. The largest absolute Gasteiger partial charge is 0.454 e. The lowest BCUT2D eigenvalue weighted by Gasteiger charge is -2.10. The molecule has 0 atom stereocenters. The van der Waals surface area contributed by atoms with E-state index < -0.39 is 0 Å². The number of furan rings is 1. The molecule has 0 spiro atoms. The van der Waals surface area contributed by atoms with Gasteiger partial charge in [0, 0.05) is 58.2 Å². The van der Waals surface area contributed by atoms with Crippen molar-refractivity contribution in [3.8, 4) is 28.3 Å². The molecule has 228 valence electrons. The second-order valence-corrected chi connectivity index (χ2v) is 13.5. The molecule has 0 saturated heterocycles. The summed E-state index contributed by atoms with van der Waals surface area (Å²) in [6.45, 7) is 0. The monoisotopic (exact) mass is 643 g/mol. The van der Waals surface area contributed by atoms with Crippen LogP contribution in [0, 0.1) is 0 Å². The summed E-state index contributed by atoms with van der Waals surface area (Å²) in [6.07, 6.45) is 0. The molecule has 0 aliphatic heterocycles. The zero-order valence-electron chi connectivity index (χ0n) is 26.1. The second-order valence-electron chi connectivity index (χ2n) is 12.5. The predicted molar refractivity (Wildman–Crippen MR) is 205 cm³/mol. The SMILES string of the molecule is c1ccc(-c2nc(-c3cccc4c3sc3c4ccc4c3c3ccccc3n4-c3cccc4c3oc3ccccc34)nc3ccccc23)cc1. The third-order valence-corrected chi connectivity index (χ3v) is 11.1. The zero-order valence-corrected chi connectivity index (χ0v) is 26.9. The lowest BCUT2D eigenvalue weighted by atomic mass is 10.0. The molecular formula is C44H25N3OS. The lowest BCUT2D eigenvalue weighted by Crippen LogP contribution is -1.95. The Morgan fingerprint density at radius 2 is 1.20 bits per heavy atom. The van der Waals surface area contributed by atoms with Crippen LogP contribution in [0.2, 0.25) is 0 Å². The van der Waals surface area contributed by atoms with E-state index in [2.05, 4.69) is 132 Å². The van der Waals surface area contributed by atoms with Crippen molar-refractivity contribution in [2.45, 2.75) is 0 Å². The van der Waals surface area contributed by atoms with E-state index in [1.54, 1.807) is 0 Å². The molecule has 0 unspecified atom stereocenters. The van der Waals surface area contributed by atoms with Gasteiger partial charge < -0.3 is 8.98 Å². The third-order valence-electron chi connectivity index (χ3n) is 9.82. The Morgan fingerprint density at radius 3 is 2.12 bits per heavy atom. The molecule has 0 bridgehead atoms. The van der Waals surface area contributed by atoms with E-state index in [0.717, 1.165) is 72.2 Å². The van der Waals surface area contributed by atoms with Gasteiger partial charge in [-0.2, -0.15) is 0 Å². The fourth-order valence-electron chi connectivity index (χ4n) is 7.67. The van der Waals surface area contributed by atoms with Crippen molar-refractivity contribution < 1.29 is 4.42 Å². The molecule has 0 saturated carbocycles. The number of benzene rings is 7. The Morgan fingerprint density at radius 1 is 0.490 bits per heavy atom. The van der Waals surface area contributed by atoms with Gasteiger partial charge in [0.2, 0.25) is 0 Å². The summed E-state index contributed by atoms with van der Waals surface area (Å²) in [7, 11) is 0. The van der Waals surface area contributed by atoms with Gasteiger partial charge in [-0.05, 0) is 36.4 Å². The van der Waals surface area contributed by atoms with Gasteiger partial charge in [-0.3, -0.25) is 0 Å². The maximum atomic E-state index is 6.55. The van der Waals surface area contributed by atoms with Gasteiger partial charge in [0.05, 0.1) is 27.9 Å². The second kappa shape index (κ2) is 10.1. The number of fused-ring (bicyclic) bond motifs is 11. The van der Waals surface area contributed by atoms with Gasteiger partial charge in [0.1, 0.15) is 5.58 Å². The van der Waals surface area contributed by atoms with Crippen LogP contribution in [0.15, 0.2) is 156 Å².